The summed E-state index contributed by atoms with van der Waals surface area (Å²) in [6.45, 7) is 5.70. The van der Waals surface area contributed by atoms with Gasteiger partial charge in [-0.3, -0.25) is 19.2 Å². The maximum Gasteiger partial charge on any atom is 0.335 e. The normalized spacial score (nSPS) is 40.4. The van der Waals surface area contributed by atoms with Gasteiger partial charge in [-0.25, -0.2) is 9.59 Å². The SMILES string of the molecule is CC(=O)N[C@@H]1[C@H](O[C@H]2[C@H](NC(C)=O)[C@H](NC(C)=O)[C@H](O[C@H]3[C@@H](O)[C@@H](C)OC(O)[C@@H]3NC(C)=O)O[C@H]2C(=O)O)O[C@H](C(=O)O)[C@@H](O)[C@@H]1N. The van der Waals surface area contributed by atoms with E-state index in [4.69, 9.17) is 29.4 Å². The summed E-state index contributed by atoms with van der Waals surface area (Å²) in [5.74, 6) is -6.26. The summed E-state index contributed by atoms with van der Waals surface area (Å²) < 4.78 is 28.3. The number of hydrogen-bond acceptors (Lipinski definition) is 15. The smallest absolute Gasteiger partial charge is 0.335 e. The molecule has 0 aromatic heterocycles. The van der Waals surface area contributed by atoms with Crippen molar-refractivity contribution >= 4 is 35.6 Å². The molecule has 0 saturated carbocycles. The van der Waals surface area contributed by atoms with Gasteiger partial charge >= 0.3 is 11.9 Å². The molecule has 11 N–H and O–H groups in total. The topological polar surface area (TPSA) is 324 Å². The highest BCUT2D eigenvalue weighted by atomic mass is 16.7. The van der Waals surface area contributed by atoms with Gasteiger partial charge in [0.25, 0.3) is 0 Å². The molecule has 21 nitrogen and oxygen atoms in total. The summed E-state index contributed by atoms with van der Waals surface area (Å²) in [5, 5.41) is 61.4. The predicted molar refractivity (Wildman–Crippen MR) is 149 cm³/mol. The molecule has 0 aromatic rings. The summed E-state index contributed by atoms with van der Waals surface area (Å²) in [5.41, 5.74) is 6.04. The lowest BCUT2D eigenvalue weighted by atomic mass is 9.91. The Balaban J connectivity index is 2.09. The first-order valence-corrected chi connectivity index (χ1v) is 14.4. The van der Waals surface area contributed by atoms with E-state index in [2.05, 4.69) is 21.3 Å². The largest absolute Gasteiger partial charge is 0.479 e. The van der Waals surface area contributed by atoms with Crippen molar-refractivity contribution in [3.05, 3.63) is 0 Å². The quantitative estimate of drug-likeness (QED) is 0.103. The van der Waals surface area contributed by atoms with Crippen molar-refractivity contribution in [2.45, 2.75) is 126 Å². The Bertz CT molecular complexity index is 1210. The lowest BCUT2D eigenvalue weighted by molar-refractivity contribution is -0.325. The summed E-state index contributed by atoms with van der Waals surface area (Å²) in [7, 11) is 0. The van der Waals surface area contributed by atoms with Gasteiger partial charge in [0.1, 0.15) is 36.5 Å². The van der Waals surface area contributed by atoms with Crippen LogP contribution in [0.1, 0.15) is 34.6 Å². The van der Waals surface area contributed by atoms with Crippen LogP contribution in [0.5, 0.6) is 0 Å². The zero-order chi connectivity index (χ0) is 35.5. The van der Waals surface area contributed by atoms with Crippen LogP contribution in [0.4, 0.5) is 0 Å². The van der Waals surface area contributed by atoms with E-state index in [9.17, 15) is 54.3 Å². The molecule has 21 heteroatoms. The molecule has 0 bridgehead atoms. The Morgan fingerprint density at radius 3 is 1.53 bits per heavy atom. The molecular formula is C26H41N5O16. The predicted octanol–water partition coefficient (Wildman–Crippen LogP) is -5.82. The summed E-state index contributed by atoms with van der Waals surface area (Å²) in [6, 6.07) is -7.51. The lowest BCUT2D eigenvalue weighted by Crippen LogP contribution is -2.74. The molecule has 3 fully saturated rings. The maximum atomic E-state index is 12.6. The first-order valence-electron chi connectivity index (χ1n) is 14.4. The van der Waals surface area contributed by atoms with Gasteiger partial charge in [-0.15, -0.1) is 0 Å². The van der Waals surface area contributed by atoms with E-state index >= 15 is 0 Å². The number of rotatable bonds is 10. The van der Waals surface area contributed by atoms with E-state index in [1.54, 1.807) is 0 Å². The lowest BCUT2D eigenvalue weighted by Gasteiger charge is -2.50. The third-order valence-electron chi connectivity index (χ3n) is 7.69. The number of aliphatic carboxylic acids is 2. The molecule has 0 radical (unpaired) electrons. The third kappa shape index (κ3) is 8.88. The highest BCUT2D eigenvalue weighted by Crippen LogP contribution is 2.32. The summed E-state index contributed by atoms with van der Waals surface area (Å²) >= 11 is 0. The fourth-order valence-electron chi connectivity index (χ4n) is 5.65. The number of nitrogens with two attached hydrogens (primary N) is 1. The van der Waals surface area contributed by atoms with Crippen LogP contribution in [0, 0.1) is 0 Å². The molecule has 3 heterocycles. The first-order chi connectivity index (χ1) is 21.8. The van der Waals surface area contributed by atoms with Gasteiger partial charge in [0, 0.05) is 27.7 Å². The van der Waals surface area contributed by atoms with E-state index in [0.29, 0.717) is 0 Å². The van der Waals surface area contributed by atoms with Crippen molar-refractivity contribution in [3.8, 4) is 0 Å². The molecule has 47 heavy (non-hydrogen) atoms. The van der Waals surface area contributed by atoms with Crippen LogP contribution in [0.25, 0.3) is 0 Å². The average molecular weight is 680 g/mol. The van der Waals surface area contributed by atoms with Crippen LogP contribution in [-0.2, 0) is 52.5 Å². The number of carboxylic acid groups (broad SMARTS) is 2. The zero-order valence-corrected chi connectivity index (χ0v) is 26.0. The minimum Gasteiger partial charge on any atom is -0.479 e. The molecule has 4 amide bonds. The molecule has 266 valence electrons. The summed E-state index contributed by atoms with van der Waals surface area (Å²) in [6.07, 6.45) is -17.4. The van der Waals surface area contributed by atoms with Crippen LogP contribution >= 0.6 is 0 Å². The third-order valence-corrected chi connectivity index (χ3v) is 7.69. The molecule has 3 aliphatic heterocycles. The molecule has 0 aromatic carbocycles. The number of nitrogens with one attached hydrogen (secondary N) is 4. The average Bonchev–Trinajstić information content (AvgIpc) is 2.94. The number of hydrogen-bond donors (Lipinski definition) is 10. The molecule has 15 atom stereocenters. The maximum absolute atomic E-state index is 12.6. The Morgan fingerprint density at radius 1 is 0.596 bits per heavy atom. The van der Waals surface area contributed by atoms with Crippen molar-refractivity contribution in [1.82, 2.24) is 21.3 Å². The number of ether oxygens (including phenoxy) is 5. The Hall–Kier alpha value is -3.54. The van der Waals surface area contributed by atoms with Gasteiger partial charge in [-0.1, -0.05) is 0 Å². The van der Waals surface area contributed by atoms with Crippen molar-refractivity contribution in [2.24, 2.45) is 5.73 Å². The highest BCUT2D eigenvalue weighted by molar-refractivity contribution is 5.77. The fourth-order valence-corrected chi connectivity index (χ4v) is 5.65. The first kappa shape index (κ1) is 37.9. The van der Waals surface area contributed by atoms with Gasteiger partial charge < -0.3 is 76.2 Å². The van der Waals surface area contributed by atoms with Crippen LogP contribution in [0.15, 0.2) is 0 Å². The Labute approximate surface area is 267 Å². The summed E-state index contributed by atoms with van der Waals surface area (Å²) in [4.78, 5) is 73.2. The molecule has 3 aliphatic rings. The molecule has 3 saturated heterocycles. The van der Waals surface area contributed by atoms with E-state index in [1.807, 2.05) is 0 Å². The molecule has 0 aliphatic carbocycles. The molecule has 3 rings (SSSR count). The van der Waals surface area contributed by atoms with Crippen LogP contribution < -0.4 is 27.0 Å². The monoisotopic (exact) mass is 679 g/mol. The zero-order valence-electron chi connectivity index (χ0n) is 26.0. The standard InChI is InChI=1S/C26H41N5O16/c1-6-16(36)18(15(24(42)43-6)31-10(5)35)44-26-14(30-9(4)34)13(29-8(3)33)19(21(47-26)23(40)41)45-25-12(28-7(2)32)11(27)17(37)20(46-25)22(38)39/h6,11-21,24-26,36-37,42H,27H2,1-5H3,(H,28,32)(H,29,33)(H,30,34)(H,31,35)(H,38,39)(H,40,41)/t6-,11-,12+,13-,14+,15-,16+,17+,18-,19+,20+,21-,24?,25-,26-/m1/s1. The van der Waals surface area contributed by atoms with Gasteiger partial charge in [-0.05, 0) is 6.92 Å². The van der Waals surface area contributed by atoms with E-state index in [-0.39, 0.29) is 0 Å². The van der Waals surface area contributed by atoms with Gasteiger partial charge in [-0.2, -0.15) is 0 Å². The van der Waals surface area contributed by atoms with E-state index in [0.717, 1.165) is 27.7 Å². The van der Waals surface area contributed by atoms with Crippen LogP contribution in [0.2, 0.25) is 0 Å². The minimum atomic E-state index is -2.10. The number of carbonyl (C=O) groups excluding carboxylic acids is 4. The Kier molecular flexibility index (Phi) is 12.6. The second kappa shape index (κ2) is 15.6. The van der Waals surface area contributed by atoms with Crippen molar-refractivity contribution in [2.75, 3.05) is 0 Å². The van der Waals surface area contributed by atoms with Crippen molar-refractivity contribution < 1.29 is 78.0 Å². The van der Waals surface area contributed by atoms with Crippen LogP contribution in [-0.4, -0.2) is 153 Å². The minimum absolute atomic E-state index is 0.659. The molecular weight excluding hydrogens is 638 g/mol. The number of amides is 4. The van der Waals surface area contributed by atoms with E-state index in [1.165, 1.54) is 6.92 Å². The van der Waals surface area contributed by atoms with Gasteiger partial charge in [0.2, 0.25) is 23.6 Å². The number of carbonyl (C=O) groups is 6. The van der Waals surface area contributed by atoms with Gasteiger partial charge in [0.15, 0.2) is 31.1 Å². The second-order valence-corrected chi connectivity index (χ2v) is 11.4. The Morgan fingerprint density at radius 2 is 1.02 bits per heavy atom. The number of aliphatic hydroxyl groups is 3. The van der Waals surface area contributed by atoms with Crippen LogP contribution in [0.3, 0.4) is 0 Å². The van der Waals surface area contributed by atoms with Gasteiger partial charge in [0.05, 0.1) is 24.2 Å². The molecule has 0 spiro atoms. The highest BCUT2D eigenvalue weighted by Gasteiger charge is 2.56. The number of aliphatic hydroxyl groups excluding tert-OH is 3. The fraction of sp³-hybridized carbons (Fsp3) is 0.769. The van der Waals surface area contributed by atoms with Crippen molar-refractivity contribution in [3.63, 3.8) is 0 Å². The second-order valence-electron chi connectivity index (χ2n) is 11.4. The van der Waals surface area contributed by atoms with E-state index < -0.39 is 127 Å². The van der Waals surface area contributed by atoms with Crippen molar-refractivity contribution in [1.29, 1.82) is 0 Å². The number of carboxylic acids is 2. The molecule has 1 unspecified atom stereocenters.